The summed E-state index contributed by atoms with van der Waals surface area (Å²) in [5, 5.41) is 12.5. The summed E-state index contributed by atoms with van der Waals surface area (Å²) >= 11 is 0. The predicted molar refractivity (Wildman–Crippen MR) is 119 cm³/mol. The van der Waals surface area contributed by atoms with Crippen LogP contribution in [0.1, 0.15) is 12.8 Å². The van der Waals surface area contributed by atoms with E-state index in [4.69, 9.17) is 4.74 Å². The Kier molecular flexibility index (Phi) is 5.69. The molecule has 2 N–H and O–H groups in total. The molecule has 8 heteroatoms. The quantitative estimate of drug-likeness (QED) is 0.420. The van der Waals surface area contributed by atoms with Crippen LogP contribution >= 0.6 is 12.4 Å². The van der Waals surface area contributed by atoms with E-state index >= 15 is 0 Å². The zero-order valence-corrected chi connectivity index (χ0v) is 17.8. The van der Waals surface area contributed by atoms with Crippen molar-refractivity contribution in [2.75, 3.05) is 13.2 Å². The number of nitrogens with zero attached hydrogens (tertiary/aromatic N) is 1. The number of sulfone groups is 1. The van der Waals surface area contributed by atoms with Gasteiger partial charge in [0.2, 0.25) is 9.84 Å². The highest BCUT2D eigenvalue weighted by Gasteiger charge is 2.26. The monoisotopic (exact) mass is 443 g/mol. The lowest BCUT2D eigenvalue weighted by atomic mass is 10.1. The molecule has 30 heavy (non-hydrogen) atoms. The molecule has 0 aliphatic heterocycles. The summed E-state index contributed by atoms with van der Waals surface area (Å²) in [5.41, 5.74) is 0.660. The topological polar surface area (TPSA) is 84.1 Å². The molecule has 1 saturated carbocycles. The Morgan fingerprint density at radius 3 is 2.67 bits per heavy atom. The summed E-state index contributed by atoms with van der Waals surface area (Å²) in [6, 6.07) is 18.7. The van der Waals surface area contributed by atoms with Crippen LogP contribution in [0.4, 0.5) is 0 Å². The van der Waals surface area contributed by atoms with E-state index in [2.05, 4.69) is 15.5 Å². The summed E-state index contributed by atoms with van der Waals surface area (Å²) in [6.07, 6.45) is 2.47. The van der Waals surface area contributed by atoms with Gasteiger partial charge in [-0.2, -0.15) is 5.10 Å². The Hall–Kier alpha value is -2.61. The molecule has 1 fully saturated rings. The van der Waals surface area contributed by atoms with Crippen LogP contribution in [0, 0.1) is 0 Å². The number of benzene rings is 3. The molecule has 0 unspecified atom stereocenters. The molecular formula is C22H22ClN3O3S. The Morgan fingerprint density at radius 1 is 1.03 bits per heavy atom. The van der Waals surface area contributed by atoms with Gasteiger partial charge in [-0.1, -0.05) is 36.4 Å². The second-order valence-corrected chi connectivity index (χ2v) is 9.13. The second kappa shape index (κ2) is 8.26. The maximum absolute atomic E-state index is 13.4. The third-order valence-corrected chi connectivity index (χ3v) is 6.93. The first-order valence-electron chi connectivity index (χ1n) is 9.70. The zero-order valence-electron chi connectivity index (χ0n) is 16.2. The lowest BCUT2D eigenvalue weighted by Crippen LogP contribution is -2.22. The van der Waals surface area contributed by atoms with Gasteiger partial charge < -0.3 is 10.1 Å². The lowest BCUT2D eigenvalue weighted by molar-refractivity contribution is 0.314. The highest BCUT2D eigenvalue weighted by Crippen LogP contribution is 2.32. The highest BCUT2D eigenvalue weighted by atomic mass is 35.5. The van der Waals surface area contributed by atoms with Crippen molar-refractivity contribution in [2.24, 2.45) is 0 Å². The maximum atomic E-state index is 13.4. The largest absolute Gasteiger partial charge is 0.492 e. The van der Waals surface area contributed by atoms with E-state index in [1.165, 1.54) is 12.8 Å². The molecule has 0 radical (unpaired) electrons. The Balaban J connectivity index is 0.00000218. The molecule has 1 aromatic heterocycles. The van der Waals surface area contributed by atoms with Crippen LogP contribution in [-0.4, -0.2) is 37.8 Å². The molecule has 156 valence electrons. The van der Waals surface area contributed by atoms with E-state index < -0.39 is 9.84 Å². The molecule has 6 nitrogen and oxygen atoms in total. The molecular weight excluding hydrogens is 422 g/mol. The van der Waals surface area contributed by atoms with Crippen molar-refractivity contribution < 1.29 is 13.2 Å². The fourth-order valence-corrected chi connectivity index (χ4v) is 5.08. The van der Waals surface area contributed by atoms with Crippen molar-refractivity contribution in [3.05, 3.63) is 60.7 Å². The lowest BCUT2D eigenvalue weighted by Gasteiger charge is -2.08. The van der Waals surface area contributed by atoms with Crippen molar-refractivity contribution in [2.45, 2.75) is 28.8 Å². The van der Waals surface area contributed by atoms with Crippen LogP contribution in [0.2, 0.25) is 0 Å². The summed E-state index contributed by atoms with van der Waals surface area (Å²) in [4.78, 5) is 0.254. The number of rotatable bonds is 7. The van der Waals surface area contributed by atoms with Crippen LogP contribution in [-0.2, 0) is 9.84 Å². The van der Waals surface area contributed by atoms with Gasteiger partial charge in [-0.3, -0.25) is 5.10 Å². The normalized spacial score (nSPS) is 14.0. The van der Waals surface area contributed by atoms with E-state index in [0.29, 0.717) is 34.7 Å². The van der Waals surface area contributed by atoms with E-state index in [1.807, 2.05) is 36.4 Å². The van der Waals surface area contributed by atoms with Gasteiger partial charge in [0.1, 0.15) is 12.4 Å². The standard InChI is InChI=1S/C22H21N3O3S.ClH/c26-29(27,21-7-3-5-15-4-1-2-6-18(15)21)22-19-14-17(10-11-20(19)24-25-22)28-13-12-23-16-8-9-16;/h1-7,10-11,14,16,23H,8-9,12-13H2,(H,24,25);1H. The van der Waals surface area contributed by atoms with Crippen molar-refractivity contribution in [3.63, 3.8) is 0 Å². The molecule has 0 atom stereocenters. The second-order valence-electron chi connectivity index (χ2n) is 7.29. The molecule has 1 aliphatic carbocycles. The molecule has 0 saturated heterocycles. The summed E-state index contributed by atoms with van der Waals surface area (Å²) < 4.78 is 32.7. The average Bonchev–Trinajstić information content (AvgIpc) is 3.47. The Bertz CT molecular complexity index is 1290. The highest BCUT2D eigenvalue weighted by molar-refractivity contribution is 7.91. The number of fused-ring (bicyclic) bond motifs is 2. The van der Waals surface area contributed by atoms with E-state index in [9.17, 15) is 8.42 Å². The summed E-state index contributed by atoms with van der Waals surface area (Å²) in [7, 11) is -3.80. The van der Waals surface area contributed by atoms with Crippen LogP contribution in [0.3, 0.4) is 0 Å². The van der Waals surface area contributed by atoms with Crippen LogP contribution in [0.25, 0.3) is 21.7 Å². The van der Waals surface area contributed by atoms with Gasteiger partial charge in [0.25, 0.3) is 0 Å². The first kappa shape index (κ1) is 20.7. The van der Waals surface area contributed by atoms with Gasteiger partial charge in [-0.15, -0.1) is 12.4 Å². The smallest absolute Gasteiger partial charge is 0.226 e. The molecule has 1 aliphatic rings. The summed E-state index contributed by atoms with van der Waals surface area (Å²) in [6.45, 7) is 1.31. The van der Waals surface area contributed by atoms with Crippen molar-refractivity contribution >= 4 is 43.9 Å². The van der Waals surface area contributed by atoms with Gasteiger partial charge in [-0.25, -0.2) is 8.42 Å². The number of H-pyrrole nitrogens is 1. The number of aromatic amines is 1. The number of ether oxygens (including phenoxy) is 1. The van der Waals surface area contributed by atoms with Gasteiger partial charge >= 0.3 is 0 Å². The predicted octanol–water partition coefficient (Wildman–Crippen LogP) is 4.10. The number of aromatic nitrogens is 2. The summed E-state index contributed by atoms with van der Waals surface area (Å²) in [5.74, 6) is 0.630. The van der Waals surface area contributed by atoms with E-state index in [0.717, 1.165) is 11.9 Å². The Morgan fingerprint density at radius 2 is 1.83 bits per heavy atom. The molecule has 1 heterocycles. The number of nitrogens with one attached hydrogen (secondary N) is 2. The molecule has 0 amide bonds. The number of halogens is 1. The minimum atomic E-state index is -3.80. The third-order valence-electron chi connectivity index (χ3n) is 5.17. The number of hydrogen-bond acceptors (Lipinski definition) is 5. The van der Waals surface area contributed by atoms with Crippen LogP contribution < -0.4 is 10.1 Å². The van der Waals surface area contributed by atoms with Gasteiger partial charge in [-0.05, 0) is 42.5 Å². The van der Waals surface area contributed by atoms with Crippen molar-refractivity contribution in [1.82, 2.24) is 15.5 Å². The van der Waals surface area contributed by atoms with Crippen LogP contribution in [0.5, 0.6) is 5.75 Å². The van der Waals surface area contributed by atoms with Gasteiger partial charge in [0, 0.05) is 23.4 Å². The fourth-order valence-electron chi connectivity index (χ4n) is 3.52. The molecule has 0 bridgehead atoms. The minimum Gasteiger partial charge on any atom is -0.492 e. The molecule has 5 rings (SSSR count). The first-order chi connectivity index (χ1) is 14.1. The minimum absolute atomic E-state index is 0. The zero-order chi connectivity index (χ0) is 19.8. The third kappa shape index (κ3) is 3.88. The van der Waals surface area contributed by atoms with Gasteiger partial charge in [0.05, 0.1) is 10.4 Å². The molecule has 3 aromatic carbocycles. The van der Waals surface area contributed by atoms with E-state index in [-0.39, 0.29) is 22.3 Å². The fraction of sp³-hybridized carbons (Fsp3) is 0.227. The van der Waals surface area contributed by atoms with Crippen LogP contribution in [0.15, 0.2) is 70.6 Å². The average molecular weight is 444 g/mol. The van der Waals surface area contributed by atoms with Crippen molar-refractivity contribution in [1.29, 1.82) is 0 Å². The van der Waals surface area contributed by atoms with E-state index in [1.54, 1.807) is 24.3 Å². The first-order valence-corrected chi connectivity index (χ1v) is 11.2. The Labute approximate surface area is 181 Å². The maximum Gasteiger partial charge on any atom is 0.226 e. The number of hydrogen-bond donors (Lipinski definition) is 2. The SMILES string of the molecule is Cl.O=S(=O)(c1cccc2ccccc12)c1n[nH]c2ccc(OCCNC3CC3)cc12. The molecule has 0 spiro atoms. The van der Waals surface area contributed by atoms with Gasteiger partial charge in [0.15, 0.2) is 5.03 Å². The van der Waals surface area contributed by atoms with Crippen molar-refractivity contribution in [3.8, 4) is 5.75 Å². The molecule has 4 aromatic rings.